The number of fused-ring (bicyclic) bond motifs is 2. The summed E-state index contributed by atoms with van der Waals surface area (Å²) >= 11 is 0. The average Bonchev–Trinajstić information content (AvgIpc) is 3.14. The number of hydrogen-bond donors (Lipinski definition) is 1. The summed E-state index contributed by atoms with van der Waals surface area (Å²) in [6, 6.07) is 1.64. The summed E-state index contributed by atoms with van der Waals surface area (Å²) in [5.41, 5.74) is 1.33. The molecule has 1 heterocycles. The van der Waals surface area contributed by atoms with Gasteiger partial charge in [0.2, 0.25) is 0 Å². The smallest absolute Gasteiger partial charge is 0.311 e. The number of ether oxygens (including phenoxy) is 1. The van der Waals surface area contributed by atoms with Gasteiger partial charge in [0, 0.05) is 18.8 Å². The van der Waals surface area contributed by atoms with Crippen molar-refractivity contribution in [3.8, 4) is 0 Å². The van der Waals surface area contributed by atoms with Crippen LogP contribution in [0.4, 0.5) is 0 Å². The molecular weight excluding hydrogens is 270 g/mol. The quantitative estimate of drug-likeness (QED) is 0.845. The summed E-state index contributed by atoms with van der Waals surface area (Å²) in [6.07, 6.45) is 3.13. The second-order valence-electron chi connectivity index (χ2n) is 6.18. The molecule has 1 amide bonds. The van der Waals surface area contributed by atoms with Crippen molar-refractivity contribution in [1.82, 2.24) is 15.1 Å². The number of aryl methyl sites for hydroxylation is 2. The third-order valence-corrected chi connectivity index (χ3v) is 5.03. The average molecular weight is 291 g/mol. The molecule has 4 atom stereocenters. The summed E-state index contributed by atoms with van der Waals surface area (Å²) in [4.78, 5) is 24.4. The lowest BCUT2D eigenvalue weighted by Gasteiger charge is -2.29. The molecule has 0 unspecified atom stereocenters. The molecule has 0 saturated heterocycles. The Hall–Kier alpha value is -1.85. The van der Waals surface area contributed by atoms with Gasteiger partial charge in [-0.3, -0.25) is 14.3 Å². The van der Waals surface area contributed by atoms with Gasteiger partial charge in [0.25, 0.3) is 5.91 Å². The standard InChI is InChI=1S/C15H21N3O3/c1-8-6-11(17-18(8)2)14(19)16-13-10-5-4-9(7-10)12(13)15(20)21-3/h6,9-10,12-13H,4-5,7H2,1-3H3,(H,16,19)/t9-,10-,12+,13-/m0/s1. The van der Waals surface area contributed by atoms with E-state index >= 15 is 0 Å². The highest BCUT2D eigenvalue weighted by atomic mass is 16.5. The Balaban J connectivity index is 1.76. The minimum Gasteiger partial charge on any atom is -0.469 e. The monoisotopic (exact) mass is 291 g/mol. The molecular formula is C15H21N3O3. The van der Waals surface area contributed by atoms with Crippen LogP contribution in [0.25, 0.3) is 0 Å². The number of aromatic nitrogens is 2. The fourth-order valence-electron chi connectivity index (χ4n) is 3.87. The summed E-state index contributed by atoms with van der Waals surface area (Å²) in [5, 5.41) is 7.21. The SMILES string of the molecule is COC(=O)[C@@H]1[C@H]2CC[C@@H](C2)[C@@H]1NC(=O)c1cc(C)n(C)n1. The second-order valence-corrected chi connectivity index (χ2v) is 6.18. The molecule has 1 aromatic heterocycles. The van der Waals surface area contributed by atoms with E-state index in [4.69, 9.17) is 4.74 Å². The van der Waals surface area contributed by atoms with Gasteiger partial charge >= 0.3 is 5.97 Å². The first-order chi connectivity index (χ1) is 10.0. The van der Waals surface area contributed by atoms with Gasteiger partial charge in [0.15, 0.2) is 0 Å². The molecule has 0 aromatic carbocycles. The second kappa shape index (κ2) is 5.16. The maximum Gasteiger partial charge on any atom is 0.311 e. The van der Waals surface area contributed by atoms with Gasteiger partial charge in [-0.25, -0.2) is 0 Å². The molecule has 0 radical (unpaired) electrons. The molecule has 2 bridgehead atoms. The van der Waals surface area contributed by atoms with Crippen molar-refractivity contribution in [2.24, 2.45) is 24.8 Å². The van der Waals surface area contributed by atoms with Crippen LogP contribution < -0.4 is 5.32 Å². The fraction of sp³-hybridized carbons (Fsp3) is 0.667. The first kappa shape index (κ1) is 14.1. The van der Waals surface area contributed by atoms with Crippen LogP contribution in [0.2, 0.25) is 0 Å². The Morgan fingerprint density at radius 1 is 1.38 bits per heavy atom. The number of carbonyl (C=O) groups is 2. The van der Waals surface area contributed by atoms with Crippen molar-refractivity contribution in [3.63, 3.8) is 0 Å². The predicted octanol–water partition coefficient (Wildman–Crippen LogP) is 1.05. The third-order valence-electron chi connectivity index (χ3n) is 5.03. The van der Waals surface area contributed by atoms with Crippen LogP contribution in [0.15, 0.2) is 6.07 Å². The van der Waals surface area contributed by atoms with E-state index in [1.807, 2.05) is 6.92 Å². The Bertz CT molecular complexity index is 561. The van der Waals surface area contributed by atoms with E-state index in [9.17, 15) is 9.59 Å². The van der Waals surface area contributed by atoms with E-state index in [1.54, 1.807) is 17.8 Å². The van der Waals surface area contributed by atoms with Crippen molar-refractivity contribution in [3.05, 3.63) is 17.5 Å². The number of hydrogen-bond acceptors (Lipinski definition) is 4. The molecule has 0 aliphatic heterocycles. The molecule has 2 saturated carbocycles. The van der Waals surface area contributed by atoms with E-state index in [2.05, 4.69) is 10.4 Å². The predicted molar refractivity (Wildman–Crippen MR) is 75.5 cm³/mol. The van der Waals surface area contributed by atoms with Crippen LogP contribution >= 0.6 is 0 Å². The lowest BCUT2D eigenvalue weighted by molar-refractivity contribution is -0.148. The number of esters is 1. The van der Waals surface area contributed by atoms with Crippen LogP contribution in [-0.2, 0) is 16.6 Å². The van der Waals surface area contributed by atoms with Gasteiger partial charge < -0.3 is 10.1 Å². The summed E-state index contributed by atoms with van der Waals surface area (Å²) < 4.78 is 6.59. The van der Waals surface area contributed by atoms with Gasteiger partial charge in [0.1, 0.15) is 5.69 Å². The molecule has 2 fully saturated rings. The Morgan fingerprint density at radius 2 is 2.10 bits per heavy atom. The van der Waals surface area contributed by atoms with Crippen LogP contribution in [0.3, 0.4) is 0 Å². The minimum atomic E-state index is -0.206. The lowest BCUT2D eigenvalue weighted by atomic mass is 9.84. The van der Waals surface area contributed by atoms with E-state index in [0.29, 0.717) is 17.5 Å². The molecule has 2 aliphatic rings. The maximum absolute atomic E-state index is 12.4. The van der Waals surface area contributed by atoms with Crippen LogP contribution in [0, 0.1) is 24.7 Å². The zero-order chi connectivity index (χ0) is 15.1. The van der Waals surface area contributed by atoms with Gasteiger partial charge in [-0.15, -0.1) is 0 Å². The molecule has 3 rings (SSSR count). The van der Waals surface area contributed by atoms with Gasteiger partial charge in [-0.1, -0.05) is 0 Å². The largest absolute Gasteiger partial charge is 0.469 e. The van der Waals surface area contributed by atoms with Crippen LogP contribution in [-0.4, -0.2) is 34.8 Å². The minimum absolute atomic E-state index is 0.119. The molecule has 0 spiro atoms. The number of nitrogens with one attached hydrogen (secondary N) is 1. The summed E-state index contributed by atoms with van der Waals surface area (Å²) in [6.45, 7) is 1.90. The van der Waals surface area contributed by atoms with Crippen molar-refractivity contribution in [1.29, 1.82) is 0 Å². The van der Waals surface area contributed by atoms with Crippen molar-refractivity contribution >= 4 is 11.9 Å². The highest BCUT2D eigenvalue weighted by molar-refractivity contribution is 5.93. The molecule has 2 aliphatic carbocycles. The molecule has 6 nitrogen and oxygen atoms in total. The molecule has 1 N–H and O–H groups in total. The number of rotatable bonds is 3. The highest BCUT2D eigenvalue weighted by Crippen LogP contribution is 2.48. The molecule has 21 heavy (non-hydrogen) atoms. The Labute approximate surface area is 123 Å². The van der Waals surface area contributed by atoms with Crippen LogP contribution in [0.5, 0.6) is 0 Å². The Kier molecular flexibility index (Phi) is 3.47. The zero-order valence-corrected chi connectivity index (χ0v) is 12.6. The van der Waals surface area contributed by atoms with Gasteiger partial charge in [0.05, 0.1) is 13.0 Å². The Morgan fingerprint density at radius 3 is 2.71 bits per heavy atom. The number of carbonyl (C=O) groups excluding carboxylic acids is 2. The van der Waals surface area contributed by atoms with E-state index in [1.165, 1.54) is 7.11 Å². The number of methoxy groups -OCH3 is 1. The van der Waals surface area contributed by atoms with Crippen molar-refractivity contribution in [2.75, 3.05) is 7.11 Å². The fourth-order valence-corrected chi connectivity index (χ4v) is 3.87. The van der Waals surface area contributed by atoms with E-state index in [-0.39, 0.29) is 23.8 Å². The van der Waals surface area contributed by atoms with E-state index in [0.717, 1.165) is 25.0 Å². The number of amides is 1. The highest BCUT2D eigenvalue weighted by Gasteiger charge is 2.52. The topological polar surface area (TPSA) is 73.2 Å². The molecule has 114 valence electrons. The van der Waals surface area contributed by atoms with Crippen molar-refractivity contribution < 1.29 is 14.3 Å². The third kappa shape index (κ3) is 2.32. The first-order valence-electron chi connectivity index (χ1n) is 7.40. The summed E-state index contributed by atoms with van der Waals surface area (Å²) in [7, 11) is 3.22. The molecule has 6 heteroatoms. The lowest BCUT2D eigenvalue weighted by Crippen LogP contribution is -2.47. The van der Waals surface area contributed by atoms with Crippen molar-refractivity contribution in [2.45, 2.75) is 32.2 Å². The first-order valence-corrected chi connectivity index (χ1v) is 7.40. The zero-order valence-electron chi connectivity index (χ0n) is 12.6. The van der Waals surface area contributed by atoms with E-state index < -0.39 is 0 Å². The normalized spacial score (nSPS) is 30.4. The number of nitrogens with zero attached hydrogens (tertiary/aromatic N) is 2. The van der Waals surface area contributed by atoms with Crippen LogP contribution in [0.1, 0.15) is 35.4 Å². The maximum atomic E-state index is 12.4. The summed E-state index contributed by atoms with van der Waals surface area (Å²) in [5.74, 6) is 0.114. The van der Waals surface area contributed by atoms with Gasteiger partial charge in [-0.2, -0.15) is 5.10 Å². The molecule has 1 aromatic rings. The van der Waals surface area contributed by atoms with Gasteiger partial charge in [-0.05, 0) is 44.1 Å².